The van der Waals surface area contributed by atoms with Crippen LogP contribution in [0.2, 0.25) is 8.87 Å². The average molecular weight is 346 g/mol. The van der Waals surface area contributed by atoms with Crippen molar-refractivity contribution in [3.63, 3.8) is 0 Å². The molecular weight excluding hydrogens is 315 g/mol. The van der Waals surface area contributed by atoms with Gasteiger partial charge in [0.15, 0.2) is 0 Å². The predicted molar refractivity (Wildman–Crippen MR) is 77.8 cm³/mol. The zero-order chi connectivity index (χ0) is 12.2. The maximum atomic E-state index is 5.95. The summed E-state index contributed by atoms with van der Waals surface area (Å²) in [6.45, 7) is 3.39. The van der Waals surface area contributed by atoms with Gasteiger partial charge in [0.25, 0.3) is 0 Å². The third-order valence-electron chi connectivity index (χ3n) is 3.72. The van der Waals surface area contributed by atoms with Gasteiger partial charge in [-0.1, -0.05) is 0 Å². The Morgan fingerprint density at radius 3 is 2.06 bits per heavy atom. The first-order valence-electron chi connectivity index (χ1n) is 7.91. The molecule has 1 aliphatic rings. The van der Waals surface area contributed by atoms with Crippen LogP contribution in [0, 0.1) is 0 Å². The second kappa shape index (κ2) is 11.8. The van der Waals surface area contributed by atoms with Gasteiger partial charge in [-0.3, -0.25) is 0 Å². The molecule has 1 saturated heterocycles. The molecule has 17 heavy (non-hydrogen) atoms. The molecule has 1 nitrogen and oxygen atoms in total. The molecular formula is C15H31OSn. The Hall–Kier alpha value is 0.759. The summed E-state index contributed by atoms with van der Waals surface area (Å²) in [4.78, 5) is 0. The first kappa shape index (κ1) is 15.8. The van der Waals surface area contributed by atoms with Gasteiger partial charge < -0.3 is 0 Å². The van der Waals surface area contributed by atoms with Gasteiger partial charge in [-0.25, -0.2) is 0 Å². The standard InChI is InChI=1S/C11H23.C4H8O.Sn/c1-3-5-7-9-11-10-8-6-4-2;1-2-3-4-5;/h1,3-11H2,2H3;1-4H2;/q;-1;+1. The van der Waals surface area contributed by atoms with E-state index in [1.165, 1.54) is 79.5 Å². The predicted octanol–water partition coefficient (Wildman–Crippen LogP) is 5.32. The second-order valence-electron chi connectivity index (χ2n) is 5.42. The first-order valence-corrected chi connectivity index (χ1v) is 13.1. The van der Waals surface area contributed by atoms with E-state index in [4.69, 9.17) is 3.07 Å². The third kappa shape index (κ3) is 9.35. The molecule has 0 saturated carbocycles. The molecule has 1 rings (SSSR count). The van der Waals surface area contributed by atoms with Crippen LogP contribution in [0.25, 0.3) is 0 Å². The van der Waals surface area contributed by atoms with Gasteiger partial charge in [-0.2, -0.15) is 0 Å². The Morgan fingerprint density at radius 2 is 1.47 bits per heavy atom. The molecule has 0 aromatic heterocycles. The summed E-state index contributed by atoms with van der Waals surface area (Å²) in [5, 5.41) is 0. The summed E-state index contributed by atoms with van der Waals surface area (Å²) in [5.74, 6) is 0. The second-order valence-corrected chi connectivity index (χ2v) is 12.2. The Kier molecular flexibility index (Phi) is 11.0. The minimum absolute atomic E-state index is 1.10. The SMILES string of the molecule is CCCCCCCCCC[CH2][Sn]1[CH2]CCC[O]1. The molecule has 0 atom stereocenters. The minimum atomic E-state index is -1.24. The Labute approximate surface area is 116 Å². The van der Waals surface area contributed by atoms with Gasteiger partial charge in [0.2, 0.25) is 0 Å². The molecule has 1 fully saturated rings. The van der Waals surface area contributed by atoms with Crippen molar-refractivity contribution in [2.24, 2.45) is 0 Å². The van der Waals surface area contributed by atoms with Crippen molar-refractivity contribution < 1.29 is 3.07 Å². The van der Waals surface area contributed by atoms with Crippen molar-refractivity contribution in [3.8, 4) is 0 Å². The van der Waals surface area contributed by atoms with E-state index in [1.807, 2.05) is 0 Å². The topological polar surface area (TPSA) is 9.23 Å². The Bertz CT molecular complexity index is 155. The molecule has 2 heteroatoms. The fraction of sp³-hybridized carbons (Fsp3) is 1.00. The molecule has 0 aliphatic carbocycles. The van der Waals surface area contributed by atoms with E-state index >= 15 is 0 Å². The van der Waals surface area contributed by atoms with Crippen LogP contribution in [0.15, 0.2) is 0 Å². The summed E-state index contributed by atoms with van der Waals surface area (Å²) in [5.41, 5.74) is 0. The summed E-state index contributed by atoms with van der Waals surface area (Å²) in [7, 11) is 0. The summed E-state index contributed by atoms with van der Waals surface area (Å²) >= 11 is -1.24. The number of hydrogen-bond donors (Lipinski definition) is 0. The third-order valence-corrected chi connectivity index (χ3v) is 10.7. The first-order chi connectivity index (χ1) is 8.43. The fourth-order valence-corrected chi connectivity index (χ4v) is 8.99. The molecule has 0 amide bonds. The van der Waals surface area contributed by atoms with E-state index in [0.29, 0.717) is 0 Å². The molecule has 1 aliphatic heterocycles. The van der Waals surface area contributed by atoms with Crippen molar-refractivity contribution in [3.05, 3.63) is 0 Å². The van der Waals surface area contributed by atoms with Gasteiger partial charge in [0.05, 0.1) is 0 Å². The molecule has 0 bridgehead atoms. The van der Waals surface area contributed by atoms with Gasteiger partial charge in [-0.05, 0) is 0 Å². The van der Waals surface area contributed by atoms with Crippen LogP contribution in [0.1, 0.15) is 77.6 Å². The van der Waals surface area contributed by atoms with Crippen LogP contribution in [0.5, 0.6) is 0 Å². The van der Waals surface area contributed by atoms with Crippen molar-refractivity contribution >= 4 is 20.2 Å². The maximum absolute atomic E-state index is 5.95. The van der Waals surface area contributed by atoms with Gasteiger partial charge in [-0.15, -0.1) is 0 Å². The zero-order valence-electron chi connectivity index (χ0n) is 11.8. The number of hydrogen-bond acceptors (Lipinski definition) is 1. The van der Waals surface area contributed by atoms with Crippen LogP contribution in [-0.2, 0) is 3.07 Å². The molecule has 0 spiro atoms. The molecule has 1 heterocycles. The molecule has 0 N–H and O–H groups in total. The summed E-state index contributed by atoms with van der Waals surface area (Å²) in [6, 6.07) is 0. The van der Waals surface area contributed by atoms with Crippen LogP contribution in [0.4, 0.5) is 0 Å². The quantitative estimate of drug-likeness (QED) is 0.384. The van der Waals surface area contributed by atoms with Gasteiger partial charge in [0.1, 0.15) is 0 Å². The molecule has 0 aromatic carbocycles. The van der Waals surface area contributed by atoms with Crippen molar-refractivity contribution in [1.29, 1.82) is 0 Å². The van der Waals surface area contributed by atoms with Gasteiger partial charge >= 0.3 is 116 Å². The van der Waals surface area contributed by atoms with Crippen LogP contribution in [-0.4, -0.2) is 26.8 Å². The van der Waals surface area contributed by atoms with E-state index in [9.17, 15) is 0 Å². The molecule has 0 aromatic rings. The Morgan fingerprint density at radius 1 is 0.824 bits per heavy atom. The summed E-state index contributed by atoms with van der Waals surface area (Å²) < 4.78 is 8.97. The van der Waals surface area contributed by atoms with Gasteiger partial charge in [0, 0.05) is 0 Å². The van der Waals surface area contributed by atoms with Crippen molar-refractivity contribution in [1.82, 2.24) is 0 Å². The number of unbranched alkanes of at least 4 members (excludes halogenated alkanes) is 8. The van der Waals surface area contributed by atoms with E-state index in [2.05, 4.69) is 6.92 Å². The van der Waals surface area contributed by atoms with Crippen LogP contribution in [0.3, 0.4) is 0 Å². The van der Waals surface area contributed by atoms with Crippen molar-refractivity contribution in [2.45, 2.75) is 86.4 Å². The fourth-order valence-electron chi connectivity index (χ4n) is 2.54. The molecule has 101 valence electrons. The van der Waals surface area contributed by atoms with E-state index in [-0.39, 0.29) is 0 Å². The van der Waals surface area contributed by atoms with Crippen molar-refractivity contribution in [2.75, 3.05) is 6.61 Å². The summed E-state index contributed by atoms with van der Waals surface area (Å²) in [6.07, 6.45) is 15.9. The van der Waals surface area contributed by atoms with E-state index in [1.54, 1.807) is 0 Å². The van der Waals surface area contributed by atoms with E-state index < -0.39 is 20.2 Å². The van der Waals surface area contributed by atoms with Crippen LogP contribution >= 0.6 is 0 Å². The normalized spacial score (nSPS) is 17.5. The van der Waals surface area contributed by atoms with Crippen LogP contribution < -0.4 is 0 Å². The zero-order valence-corrected chi connectivity index (χ0v) is 14.7. The average Bonchev–Trinajstić information content (AvgIpc) is 2.38. The Balaban J connectivity index is 1.75. The monoisotopic (exact) mass is 347 g/mol. The molecule has 0 unspecified atom stereocenters. The molecule has 1 radical (unpaired) electrons. The number of rotatable bonds is 10. The van der Waals surface area contributed by atoms with E-state index in [0.717, 1.165) is 6.61 Å².